The molecule has 3 nitrogen and oxygen atoms in total. The second-order valence-electron chi connectivity index (χ2n) is 4.93. The molecule has 2 unspecified atom stereocenters. The Kier molecular flexibility index (Phi) is 4.24. The van der Waals surface area contributed by atoms with E-state index in [2.05, 4.69) is 31.9 Å². The number of rotatable bonds is 2. The third kappa shape index (κ3) is 2.96. The highest BCUT2D eigenvalue weighted by Gasteiger charge is 2.28. The van der Waals surface area contributed by atoms with E-state index < -0.39 is 6.10 Å². The van der Waals surface area contributed by atoms with E-state index in [0.29, 0.717) is 6.42 Å². The van der Waals surface area contributed by atoms with E-state index >= 15 is 0 Å². The van der Waals surface area contributed by atoms with Gasteiger partial charge in [0.05, 0.1) is 17.7 Å². The van der Waals surface area contributed by atoms with Crippen LogP contribution in [0.15, 0.2) is 45.3 Å². The van der Waals surface area contributed by atoms with Gasteiger partial charge in [0.1, 0.15) is 17.6 Å². The molecule has 1 heterocycles. The van der Waals surface area contributed by atoms with Crippen LogP contribution < -0.4 is 9.47 Å². The van der Waals surface area contributed by atoms with Gasteiger partial charge in [-0.05, 0) is 51.8 Å². The summed E-state index contributed by atoms with van der Waals surface area (Å²) in [6.45, 7) is 0. The van der Waals surface area contributed by atoms with Crippen LogP contribution in [0.2, 0.25) is 0 Å². The molecule has 0 aliphatic carbocycles. The zero-order valence-electron chi connectivity index (χ0n) is 11.3. The van der Waals surface area contributed by atoms with Gasteiger partial charge in [0, 0.05) is 16.5 Å². The number of benzene rings is 2. The quantitative estimate of drug-likeness (QED) is 0.769. The van der Waals surface area contributed by atoms with Crippen LogP contribution in [0.3, 0.4) is 0 Å². The Morgan fingerprint density at radius 2 is 2.00 bits per heavy atom. The molecule has 1 aliphatic rings. The summed E-state index contributed by atoms with van der Waals surface area (Å²) in [6, 6.07) is 11.5. The van der Waals surface area contributed by atoms with E-state index in [9.17, 15) is 5.11 Å². The predicted molar refractivity (Wildman–Crippen MR) is 87.8 cm³/mol. The van der Waals surface area contributed by atoms with Gasteiger partial charge in [-0.1, -0.05) is 22.0 Å². The first-order valence-corrected chi connectivity index (χ1v) is 8.14. The van der Waals surface area contributed by atoms with Gasteiger partial charge in [-0.25, -0.2) is 0 Å². The minimum atomic E-state index is -0.530. The molecule has 0 amide bonds. The van der Waals surface area contributed by atoms with E-state index in [1.54, 1.807) is 7.11 Å². The molecule has 3 rings (SSSR count). The third-order valence-corrected chi connectivity index (χ3v) is 4.70. The van der Waals surface area contributed by atoms with Crippen LogP contribution in [0, 0.1) is 0 Å². The summed E-state index contributed by atoms with van der Waals surface area (Å²) in [5.74, 6) is 1.51. The molecule has 2 aromatic carbocycles. The molecule has 5 heteroatoms. The summed E-state index contributed by atoms with van der Waals surface area (Å²) < 4.78 is 13.1. The molecule has 0 bridgehead atoms. The summed E-state index contributed by atoms with van der Waals surface area (Å²) in [7, 11) is 1.63. The van der Waals surface area contributed by atoms with Gasteiger partial charge in [-0.3, -0.25) is 0 Å². The van der Waals surface area contributed by atoms with Crippen molar-refractivity contribution >= 4 is 31.9 Å². The molecule has 21 heavy (non-hydrogen) atoms. The van der Waals surface area contributed by atoms with Crippen LogP contribution in [0.25, 0.3) is 0 Å². The van der Waals surface area contributed by atoms with Gasteiger partial charge >= 0.3 is 0 Å². The van der Waals surface area contributed by atoms with Crippen molar-refractivity contribution in [3.8, 4) is 11.5 Å². The monoisotopic (exact) mass is 412 g/mol. The van der Waals surface area contributed by atoms with Gasteiger partial charge in [0.2, 0.25) is 0 Å². The lowest BCUT2D eigenvalue weighted by Crippen LogP contribution is -2.19. The van der Waals surface area contributed by atoms with Crippen LogP contribution in [-0.2, 0) is 0 Å². The van der Waals surface area contributed by atoms with Crippen LogP contribution in [-0.4, -0.2) is 12.2 Å². The van der Waals surface area contributed by atoms with E-state index in [0.717, 1.165) is 31.6 Å². The van der Waals surface area contributed by atoms with Gasteiger partial charge in [0.15, 0.2) is 0 Å². The van der Waals surface area contributed by atoms with Crippen molar-refractivity contribution in [2.45, 2.75) is 18.6 Å². The predicted octanol–water partition coefficient (Wildman–Crippen LogP) is 4.78. The van der Waals surface area contributed by atoms with Crippen molar-refractivity contribution in [2.75, 3.05) is 7.11 Å². The lowest BCUT2D eigenvalue weighted by molar-refractivity contribution is 0.0656. The molecule has 0 spiro atoms. The molecule has 0 fully saturated rings. The Labute approximate surface area is 140 Å². The molecule has 2 atom stereocenters. The Morgan fingerprint density at radius 1 is 1.19 bits per heavy atom. The molecule has 0 saturated heterocycles. The zero-order chi connectivity index (χ0) is 15.0. The van der Waals surface area contributed by atoms with Crippen molar-refractivity contribution in [2.24, 2.45) is 0 Å². The standard InChI is InChI=1S/C16H14Br2O3/c1-20-15-4-2-9(6-12(15)18)16-8-13(19)11-7-10(17)3-5-14(11)21-16/h2-7,13,16,19H,8H2,1H3. The Hall–Kier alpha value is -1.04. The molecular formula is C16H14Br2O3. The molecule has 0 aromatic heterocycles. The summed E-state index contributed by atoms with van der Waals surface area (Å²) >= 11 is 6.90. The van der Waals surface area contributed by atoms with Crippen molar-refractivity contribution in [1.29, 1.82) is 0 Å². The fourth-order valence-corrected chi connectivity index (χ4v) is 3.44. The second kappa shape index (κ2) is 5.99. The number of methoxy groups -OCH3 is 1. The smallest absolute Gasteiger partial charge is 0.133 e. The highest BCUT2D eigenvalue weighted by Crippen LogP contribution is 2.42. The minimum Gasteiger partial charge on any atom is -0.496 e. The zero-order valence-corrected chi connectivity index (χ0v) is 14.5. The number of hydrogen-bond acceptors (Lipinski definition) is 3. The van der Waals surface area contributed by atoms with Gasteiger partial charge < -0.3 is 14.6 Å². The summed E-state index contributed by atoms with van der Waals surface area (Å²) in [4.78, 5) is 0. The Balaban J connectivity index is 1.92. The van der Waals surface area contributed by atoms with Crippen LogP contribution in [0.5, 0.6) is 11.5 Å². The van der Waals surface area contributed by atoms with Crippen molar-refractivity contribution in [3.63, 3.8) is 0 Å². The van der Waals surface area contributed by atoms with Crippen molar-refractivity contribution < 1.29 is 14.6 Å². The summed E-state index contributed by atoms with van der Waals surface area (Å²) in [6.07, 6.45) is -0.171. The number of ether oxygens (including phenoxy) is 2. The highest BCUT2D eigenvalue weighted by molar-refractivity contribution is 9.10. The van der Waals surface area contributed by atoms with E-state index in [4.69, 9.17) is 9.47 Å². The third-order valence-electron chi connectivity index (χ3n) is 3.59. The lowest BCUT2D eigenvalue weighted by atomic mass is 9.95. The average Bonchev–Trinajstić information content (AvgIpc) is 2.47. The molecule has 110 valence electrons. The van der Waals surface area contributed by atoms with E-state index in [1.165, 1.54) is 0 Å². The second-order valence-corrected chi connectivity index (χ2v) is 6.70. The van der Waals surface area contributed by atoms with Gasteiger partial charge in [-0.15, -0.1) is 0 Å². The first kappa shape index (κ1) is 14.9. The summed E-state index contributed by atoms with van der Waals surface area (Å²) in [5, 5.41) is 10.4. The maximum Gasteiger partial charge on any atom is 0.133 e. The topological polar surface area (TPSA) is 38.7 Å². The van der Waals surface area contributed by atoms with Crippen LogP contribution in [0.4, 0.5) is 0 Å². The van der Waals surface area contributed by atoms with Crippen molar-refractivity contribution in [3.05, 3.63) is 56.5 Å². The molecule has 0 radical (unpaired) electrons. The average molecular weight is 414 g/mol. The van der Waals surface area contributed by atoms with Crippen molar-refractivity contribution in [1.82, 2.24) is 0 Å². The fraction of sp³-hybridized carbons (Fsp3) is 0.250. The maximum atomic E-state index is 10.4. The molecule has 1 aliphatic heterocycles. The lowest BCUT2D eigenvalue weighted by Gasteiger charge is -2.30. The van der Waals surface area contributed by atoms with Gasteiger partial charge in [-0.2, -0.15) is 0 Å². The summed E-state index contributed by atoms with van der Waals surface area (Å²) in [5.41, 5.74) is 1.84. The molecule has 0 saturated carbocycles. The number of aliphatic hydroxyl groups excluding tert-OH is 1. The Morgan fingerprint density at radius 3 is 2.71 bits per heavy atom. The SMILES string of the molecule is COc1ccc(C2CC(O)c3cc(Br)ccc3O2)cc1Br. The molecule has 1 N–H and O–H groups in total. The van der Waals surface area contributed by atoms with Crippen LogP contribution in [0.1, 0.15) is 29.8 Å². The molecular weight excluding hydrogens is 400 g/mol. The number of aliphatic hydroxyl groups is 1. The van der Waals surface area contributed by atoms with E-state index in [-0.39, 0.29) is 6.10 Å². The number of halogens is 2. The normalized spacial score (nSPS) is 20.6. The largest absolute Gasteiger partial charge is 0.496 e. The highest BCUT2D eigenvalue weighted by atomic mass is 79.9. The van der Waals surface area contributed by atoms with Gasteiger partial charge in [0.25, 0.3) is 0 Å². The number of fused-ring (bicyclic) bond motifs is 1. The van der Waals surface area contributed by atoms with E-state index in [1.807, 2.05) is 36.4 Å². The maximum absolute atomic E-state index is 10.4. The van der Waals surface area contributed by atoms with Crippen LogP contribution >= 0.6 is 31.9 Å². The first-order chi connectivity index (χ1) is 10.1. The fourth-order valence-electron chi connectivity index (χ4n) is 2.51. The minimum absolute atomic E-state index is 0.170. The molecule has 2 aromatic rings. The Bertz CT molecular complexity index is 673. The first-order valence-electron chi connectivity index (χ1n) is 6.56. The number of hydrogen-bond donors (Lipinski definition) is 1.